The van der Waals surface area contributed by atoms with Crippen LogP contribution in [0.4, 0.5) is 11.5 Å². The molecule has 0 bridgehead atoms. The first kappa shape index (κ1) is 16.5. The fourth-order valence-electron chi connectivity index (χ4n) is 3.10. The topological polar surface area (TPSA) is 56.7 Å². The summed E-state index contributed by atoms with van der Waals surface area (Å²) in [6, 6.07) is 11.7. The number of piperazine rings is 1. The smallest absolute Gasteiger partial charge is 0.246 e. The van der Waals surface area contributed by atoms with Gasteiger partial charge in [0, 0.05) is 18.8 Å². The molecule has 1 unspecified atom stereocenters. The van der Waals surface area contributed by atoms with E-state index in [1.807, 2.05) is 47.9 Å². The van der Waals surface area contributed by atoms with Crippen LogP contribution in [-0.2, 0) is 4.79 Å². The van der Waals surface area contributed by atoms with Crippen LogP contribution in [0.25, 0.3) is 0 Å². The van der Waals surface area contributed by atoms with Crippen LogP contribution in [0.3, 0.4) is 0 Å². The molecule has 0 spiro atoms. The number of aryl methyl sites for hydroxylation is 2. The lowest BCUT2D eigenvalue weighted by molar-refractivity contribution is -0.117. The summed E-state index contributed by atoms with van der Waals surface area (Å²) >= 11 is 0. The second-order valence-electron chi connectivity index (χ2n) is 6.41. The highest BCUT2D eigenvalue weighted by Crippen LogP contribution is 2.23. The number of aromatic nitrogens is 1. The van der Waals surface area contributed by atoms with Gasteiger partial charge in [0.2, 0.25) is 5.91 Å². The van der Waals surface area contributed by atoms with E-state index in [4.69, 9.17) is 0 Å². The van der Waals surface area contributed by atoms with Crippen LogP contribution >= 0.6 is 0 Å². The third-order valence-electron chi connectivity index (χ3n) is 4.25. The maximum Gasteiger partial charge on any atom is 0.246 e. The lowest BCUT2D eigenvalue weighted by Crippen LogP contribution is -2.51. The van der Waals surface area contributed by atoms with Crippen molar-refractivity contribution in [1.29, 1.82) is 0 Å². The number of pyridine rings is 1. The summed E-state index contributed by atoms with van der Waals surface area (Å²) in [4.78, 5) is 20.9. The zero-order valence-corrected chi connectivity index (χ0v) is 14.4. The number of hydrogen-bond acceptors (Lipinski definition) is 4. The summed E-state index contributed by atoms with van der Waals surface area (Å²) in [6.45, 7) is 7.42. The Kier molecular flexibility index (Phi) is 4.53. The molecule has 0 radical (unpaired) electrons. The van der Waals surface area contributed by atoms with Crippen molar-refractivity contribution in [3.63, 3.8) is 0 Å². The van der Waals surface area contributed by atoms with E-state index in [0.29, 0.717) is 18.8 Å². The van der Waals surface area contributed by atoms with E-state index < -0.39 is 6.10 Å². The van der Waals surface area contributed by atoms with Crippen molar-refractivity contribution >= 4 is 17.4 Å². The fraction of sp³-hybridized carbons (Fsp3) is 0.368. The molecular weight excluding hydrogens is 302 g/mol. The Morgan fingerprint density at radius 3 is 2.46 bits per heavy atom. The van der Waals surface area contributed by atoms with Crippen LogP contribution in [0.2, 0.25) is 0 Å². The van der Waals surface area contributed by atoms with Gasteiger partial charge in [-0.1, -0.05) is 12.1 Å². The van der Waals surface area contributed by atoms with Crippen LogP contribution in [-0.4, -0.2) is 35.6 Å². The first-order valence-corrected chi connectivity index (χ1v) is 8.22. The molecular formula is C19H23N3O2. The summed E-state index contributed by atoms with van der Waals surface area (Å²) in [5.74, 6) is 0.803. The molecule has 2 aromatic rings. The Morgan fingerprint density at radius 2 is 1.83 bits per heavy atom. The lowest BCUT2D eigenvalue weighted by Gasteiger charge is -2.35. The van der Waals surface area contributed by atoms with Gasteiger partial charge in [0.15, 0.2) is 0 Å². The summed E-state index contributed by atoms with van der Waals surface area (Å²) in [5, 5.41) is 9.69. The molecule has 1 fully saturated rings. The zero-order chi connectivity index (χ0) is 17.3. The molecule has 1 amide bonds. The van der Waals surface area contributed by atoms with Crippen LogP contribution in [0, 0.1) is 13.8 Å². The van der Waals surface area contributed by atoms with Crippen molar-refractivity contribution in [3.8, 4) is 0 Å². The number of aliphatic hydroxyl groups is 1. The largest absolute Gasteiger partial charge is 0.387 e. The predicted molar refractivity (Wildman–Crippen MR) is 95.4 cm³/mol. The van der Waals surface area contributed by atoms with Gasteiger partial charge in [0.1, 0.15) is 5.82 Å². The molecule has 2 heterocycles. The number of rotatable bonds is 3. The molecule has 1 saturated heterocycles. The molecule has 1 atom stereocenters. The molecule has 126 valence electrons. The highest BCUT2D eigenvalue weighted by molar-refractivity contribution is 5.97. The van der Waals surface area contributed by atoms with Crippen LogP contribution in [0.5, 0.6) is 0 Å². The molecule has 5 heteroatoms. The summed E-state index contributed by atoms with van der Waals surface area (Å²) in [6.07, 6.45) is -0.614. The minimum absolute atomic E-state index is 0.0653. The van der Waals surface area contributed by atoms with E-state index in [-0.39, 0.29) is 5.91 Å². The molecule has 1 N–H and O–H groups in total. The second kappa shape index (κ2) is 6.61. The summed E-state index contributed by atoms with van der Waals surface area (Å²) in [5.41, 5.74) is 3.90. The maximum absolute atomic E-state index is 12.6. The van der Waals surface area contributed by atoms with Gasteiger partial charge in [-0.25, -0.2) is 4.98 Å². The van der Waals surface area contributed by atoms with Gasteiger partial charge in [0.05, 0.1) is 18.3 Å². The highest BCUT2D eigenvalue weighted by atomic mass is 16.3. The normalized spacial score (nSPS) is 16.4. The quantitative estimate of drug-likeness (QED) is 0.942. The number of benzene rings is 1. The average molecular weight is 325 g/mol. The summed E-state index contributed by atoms with van der Waals surface area (Å²) in [7, 11) is 0. The Bertz CT molecular complexity index is 738. The molecule has 0 saturated carbocycles. The lowest BCUT2D eigenvalue weighted by atomic mass is 10.1. The number of amides is 1. The Balaban J connectivity index is 1.78. The third kappa shape index (κ3) is 3.41. The number of carbonyl (C=O) groups is 1. The Labute approximate surface area is 142 Å². The highest BCUT2D eigenvalue weighted by Gasteiger charge is 2.26. The molecule has 1 aliphatic heterocycles. The molecule has 3 rings (SSSR count). The van der Waals surface area contributed by atoms with Gasteiger partial charge in [-0.3, -0.25) is 4.79 Å². The maximum atomic E-state index is 12.6. The Hall–Kier alpha value is -2.40. The van der Waals surface area contributed by atoms with Crippen LogP contribution in [0.1, 0.15) is 29.8 Å². The molecule has 1 aromatic carbocycles. The first-order valence-electron chi connectivity index (χ1n) is 8.22. The minimum atomic E-state index is -0.614. The average Bonchev–Trinajstić information content (AvgIpc) is 2.54. The monoisotopic (exact) mass is 325 g/mol. The van der Waals surface area contributed by atoms with Crippen molar-refractivity contribution in [1.82, 2.24) is 4.98 Å². The summed E-state index contributed by atoms with van der Waals surface area (Å²) < 4.78 is 0. The van der Waals surface area contributed by atoms with E-state index in [1.54, 1.807) is 13.0 Å². The van der Waals surface area contributed by atoms with Gasteiger partial charge >= 0.3 is 0 Å². The number of nitrogens with zero attached hydrogens (tertiary/aromatic N) is 3. The number of anilines is 2. The van der Waals surface area contributed by atoms with Crippen molar-refractivity contribution in [2.75, 3.05) is 29.4 Å². The molecule has 5 nitrogen and oxygen atoms in total. The second-order valence-corrected chi connectivity index (χ2v) is 6.41. The van der Waals surface area contributed by atoms with Gasteiger partial charge < -0.3 is 14.9 Å². The van der Waals surface area contributed by atoms with Gasteiger partial charge in [-0.15, -0.1) is 0 Å². The van der Waals surface area contributed by atoms with E-state index >= 15 is 0 Å². The zero-order valence-electron chi connectivity index (χ0n) is 14.4. The van der Waals surface area contributed by atoms with E-state index in [2.05, 4.69) is 11.1 Å². The van der Waals surface area contributed by atoms with Gasteiger partial charge in [-0.2, -0.15) is 0 Å². The van der Waals surface area contributed by atoms with E-state index in [0.717, 1.165) is 29.2 Å². The van der Waals surface area contributed by atoms with Crippen molar-refractivity contribution in [3.05, 3.63) is 53.2 Å². The molecule has 0 aliphatic carbocycles. The Morgan fingerprint density at radius 1 is 1.12 bits per heavy atom. The van der Waals surface area contributed by atoms with Gasteiger partial charge in [-0.05, 0) is 56.2 Å². The number of hydrogen-bond donors (Lipinski definition) is 1. The predicted octanol–water partition coefficient (Wildman–Crippen LogP) is 2.60. The first-order chi connectivity index (χ1) is 11.4. The third-order valence-corrected chi connectivity index (χ3v) is 4.25. The van der Waals surface area contributed by atoms with E-state index in [9.17, 15) is 9.90 Å². The fourth-order valence-corrected chi connectivity index (χ4v) is 3.10. The molecule has 1 aliphatic rings. The van der Waals surface area contributed by atoms with Crippen LogP contribution in [0.15, 0.2) is 36.4 Å². The van der Waals surface area contributed by atoms with Crippen molar-refractivity contribution < 1.29 is 9.90 Å². The van der Waals surface area contributed by atoms with Crippen molar-refractivity contribution in [2.45, 2.75) is 26.9 Å². The van der Waals surface area contributed by atoms with Crippen molar-refractivity contribution in [2.24, 2.45) is 0 Å². The number of carbonyl (C=O) groups excluding carboxylic acids is 1. The number of aliphatic hydroxyl groups excluding tert-OH is 1. The minimum Gasteiger partial charge on any atom is -0.387 e. The van der Waals surface area contributed by atoms with Gasteiger partial charge in [0.25, 0.3) is 0 Å². The van der Waals surface area contributed by atoms with Crippen LogP contribution < -0.4 is 9.80 Å². The SMILES string of the molecule is Cc1cc(C)cc(N2CCN(c3cccc(C(C)O)n3)CC2=O)c1. The standard InChI is InChI=1S/C19H23N3O2/c1-13-9-14(2)11-16(10-13)22-8-7-21(12-19(22)24)18-6-4-5-17(20-18)15(3)23/h4-6,9-11,15,23H,7-8,12H2,1-3H3. The van der Waals surface area contributed by atoms with E-state index in [1.165, 1.54) is 0 Å². The molecule has 1 aromatic heterocycles. The molecule has 24 heavy (non-hydrogen) atoms.